The Kier molecular flexibility index (Phi) is 8.32. The number of aliphatic imine (C=N–C) groups is 1. The fourth-order valence-electron chi connectivity index (χ4n) is 2.58. The Labute approximate surface area is 155 Å². The molecule has 0 atom stereocenters. The highest BCUT2D eigenvalue weighted by molar-refractivity contribution is 6.30. The second-order valence-corrected chi connectivity index (χ2v) is 6.38. The quantitative estimate of drug-likeness (QED) is 0.409. The molecule has 2 aromatic rings. The van der Waals surface area contributed by atoms with E-state index in [1.54, 1.807) is 0 Å². The number of rotatable bonds is 9. The van der Waals surface area contributed by atoms with Gasteiger partial charge in [-0.05, 0) is 50.8 Å². The molecule has 0 aliphatic rings. The first-order chi connectivity index (χ1) is 12.2. The number of imidazole rings is 1. The maximum absolute atomic E-state index is 6.02. The molecule has 5 nitrogen and oxygen atoms in total. The maximum Gasteiger partial charge on any atom is 0.191 e. The topological polar surface area (TPSA) is 54.2 Å². The first kappa shape index (κ1) is 19.3. The normalized spacial score (nSPS) is 11.6. The molecule has 1 aromatic carbocycles. The summed E-state index contributed by atoms with van der Waals surface area (Å²) in [6, 6.07) is 7.98. The van der Waals surface area contributed by atoms with E-state index < -0.39 is 0 Å². The molecule has 0 amide bonds. The average Bonchev–Trinajstić information content (AvgIpc) is 3.00. The van der Waals surface area contributed by atoms with Crippen LogP contribution in [0.2, 0.25) is 5.02 Å². The van der Waals surface area contributed by atoms with Crippen molar-refractivity contribution in [1.82, 2.24) is 20.2 Å². The fourth-order valence-corrected chi connectivity index (χ4v) is 2.80. The molecule has 0 radical (unpaired) electrons. The van der Waals surface area contributed by atoms with Crippen LogP contribution in [0, 0.1) is 6.92 Å². The van der Waals surface area contributed by atoms with E-state index in [4.69, 9.17) is 11.6 Å². The number of guanidine groups is 1. The molecule has 2 rings (SSSR count). The van der Waals surface area contributed by atoms with Gasteiger partial charge < -0.3 is 15.2 Å². The van der Waals surface area contributed by atoms with Crippen LogP contribution in [0.1, 0.15) is 31.2 Å². The number of hydrogen-bond acceptors (Lipinski definition) is 2. The maximum atomic E-state index is 6.02. The van der Waals surface area contributed by atoms with Crippen LogP contribution < -0.4 is 10.6 Å². The zero-order chi connectivity index (χ0) is 17.9. The summed E-state index contributed by atoms with van der Waals surface area (Å²) >= 11 is 6.02. The van der Waals surface area contributed by atoms with E-state index in [2.05, 4.69) is 38.2 Å². The van der Waals surface area contributed by atoms with Gasteiger partial charge in [-0.1, -0.05) is 23.7 Å². The Morgan fingerprint density at radius 2 is 2.16 bits per heavy atom. The zero-order valence-electron chi connectivity index (χ0n) is 15.1. The van der Waals surface area contributed by atoms with E-state index >= 15 is 0 Å². The molecule has 0 bridgehead atoms. The van der Waals surface area contributed by atoms with Crippen molar-refractivity contribution in [2.24, 2.45) is 4.99 Å². The van der Waals surface area contributed by atoms with E-state index in [9.17, 15) is 0 Å². The number of halogens is 1. The van der Waals surface area contributed by atoms with Gasteiger partial charge in [0, 0.05) is 43.6 Å². The molecule has 0 fully saturated rings. The van der Waals surface area contributed by atoms with Crippen LogP contribution in [0.15, 0.2) is 41.7 Å². The first-order valence-corrected chi connectivity index (χ1v) is 9.31. The largest absolute Gasteiger partial charge is 0.357 e. The highest BCUT2D eigenvalue weighted by Gasteiger charge is 1.99. The summed E-state index contributed by atoms with van der Waals surface area (Å²) in [6.45, 7) is 7.62. The number of aromatic nitrogens is 2. The standard InChI is InChI=1S/C19H28ClN5/c1-3-21-19(24-11-9-17-7-6-8-18(20)15-17)23-10-4-5-13-25-14-12-22-16(25)2/h6-8,12,14-15H,3-5,9-11,13H2,1-2H3,(H2,21,23,24). The summed E-state index contributed by atoms with van der Waals surface area (Å²) in [5, 5.41) is 7.46. The Hall–Kier alpha value is -2.01. The van der Waals surface area contributed by atoms with E-state index in [1.807, 2.05) is 37.5 Å². The second kappa shape index (κ2) is 10.8. The number of nitrogens with zero attached hydrogens (tertiary/aromatic N) is 3. The molecule has 0 spiro atoms. The first-order valence-electron chi connectivity index (χ1n) is 8.93. The molecule has 6 heteroatoms. The summed E-state index contributed by atoms with van der Waals surface area (Å²) in [6.07, 6.45) is 6.96. The van der Waals surface area contributed by atoms with Gasteiger partial charge in [0.1, 0.15) is 5.82 Å². The van der Waals surface area contributed by atoms with Gasteiger partial charge in [0.2, 0.25) is 0 Å². The lowest BCUT2D eigenvalue weighted by molar-refractivity contribution is 0.600. The fraction of sp³-hybridized carbons (Fsp3) is 0.474. The lowest BCUT2D eigenvalue weighted by atomic mass is 10.1. The number of hydrogen-bond donors (Lipinski definition) is 2. The molecule has 0 saturated heterocycles. The Morgan fingerprint density at radius 1 is 1.28 bits per heavy atom. The Morgan fingerprint density at radius 3 is 2.88 bits per heavy atom. The van der Waals surface area contributed by atoms with Gasteiger partial charge in [0.05, 0.1) is 0 Å². The van der Waals surface area contributed by atoms with Crippen molar-refractivity contribution in [3.63, 3.8) is 0 Å². The van der Waals surface area contributed by atoms with Crippen LogP contribution in [0.4, 0.5) is 0 Å². The van der Waals surface area contributed by atoms with Crippen molar-refractivity contribution in [3.8, 4) is 0 Å². The SMILES string of the molecule is CCNC(=NCCCCn1ccnc1C)NCCc1cccc(Cl)c1. The predicted octanol–water partition coefficient (Wildman–Crippen LogP) is 3.42. The van der Waals surface area contributed by atoms with Crippen LogP contribution in [0.25, 0.3) is 0 Å². The van der Waals surface area contributed by atoms with Crippen molar-refractivity contribution >= 4 is 17.6 Å². The number of aryl methyl sites for hydroxylation is 2. The Balaban J connectivity index is 1.69. The molecule has 1 aromatic heterocycles. The van der Waals surface area contributed by atoms with E-state index in [-0.39, 0.29) is 0 Å². The summed E-state index contributed by atoms with van der Waals surface area (Å²) in [7, 11) is 0. The molecule has 0 aliphatic heterocycles. The van der Waals surface area contributed by atoms with Crippen molar-refractivity contribution < 1.29 is 0 Å². The lowest BCUT2D eigenvalue weighted by Crippen LogP contribution is -2.38. The van der Waals surface area contributed by atoms with Gasteiger partial charge >= 0.3 is 0 Å². The average molecular weight is 362 g/mol. The van der Waals surface area contributed by atoms with Crippen LogP contribution in [0.3, 0.4) is 0 Å². The van der Waals surface area contributed by atoms with Crippen molar-refractivity contribution in [2.45, 2.75) is 39.7 Å². The predicted molar refractivity (Wildman–Crippen MR) is 105 cm³/mol. The monoisotopic (exact) mass is 361 g/mol. The van der Waals surface area contributed by atoms with Gasteiger partial charge in [0.15, 0.2) is 5.96 Å². The smallest absolute Gasteiger partial charge is 0.191 e. The third-order valence-corrected chi connectivity index (χ3v) is 4.18. The van der Waals surface area contributed by atoms with Crippen molar-refractivity contribution in [2.75, 3.05) is 19.6 Å². The molecule has 25 heavy (non-hydrogen) atoms. The van der Waals surface area contributed by atoms with Crippen molar-refractivity contribution in [3.05, 3.63) is 53.1 Å². The van der Waals surface area contributed by atoms with Crippen LogP contribution in [0.5, 0.6) is 0 Å². The van der Waals surface area contributed by atoms with Crippen LogP contribution in [-0.2, 0) is 13.0 Å². The molecular weight excluding hydrogens is 334 g/mol. The third-order valence-electron chi connectivity index (χ3n) is 3.94. The summed E-state index contributed by atoms with van der Waals surface area (Å²) in [5.41, 5.74) is 1.23. The lowest BCUT2D eigenvalue weighted by Gasteiger charge is -2.11. The summed E-state index contributed by atoms with van der Waals surface area (Å²) in [5.74, 6) is 1.95. The molecule has 0 aliphatic carbocycles. The zero-order valence-corrected chi connectivity index (χ0v) is 15.9. The molecular formula is C19H28ClN5. The molecule has 2 N–H and O–H groups in total. The molecule has 136 valence electrons. The van der Waals surface area contributed by atoms with Gasteiger partial charge in [-0.25, -0.2) is 4.98 Å². The second-order valence-electron chi connectivity index (χ2n) is 5.94. The van der Waals surface area contributed by atoms with E-state index in [0.29, 0.717) is 0 Å². The van der Waals surface area contributed by atoms with Gasteiger partial charge in [-0.2, -0.15) is 0 Å². The van der Waals surface area contributed by atoms with E-state index in [1.165, 1.54) is 5.56 Å². The van der Waals surface area contributed by atoms with Crippen LogP contribution >= 0.6 is 11.6 Å². The number of unbranched alkanes of at least 4 members (excludes halogenated alkanes) is 1. The number of benzene rings is 1. The number of nitrogens with one attached hydrogen (secondary N) is 2. The van der Waals surface area contributed by atoms with Crippen molar-refractivity contribution in [1.29, 1.82) is 0 Å². The molecule has 0 saturated carbocycles. The van der Waals surface area contributed by atoms with Gasteiger partial charge in [-0.3, -0.25) is 4.99 Å². The summed E-state index contributed by atoms with van der Waals surface area (Å²) in [4.78, 5) is 8.89. The minimum Gasteiger partial charge on any atom is -0.357 e. The van der Waals surface area contributed by atoms with Gasteiger partial charge in [0.25, 0.3) is 0 Å². The minimum absolute atomic E-state index is 0.784. The highest BCUT2D eigenvalue weighted by atomic mass is 35.5. The van der Waals surface area contributed by atoms with E-state index in [0.717, 1.165) is 62.2 Å². The summed E-state index contributed by atoms with van der Waals surface area (Å²) < 4.78 is 2.18. The highest BCUT2D eigenvalue weighted by Crippen LogP contribution is 2.10. The third kappa shape index (κ3) is 7.18. The molecule has 1 heterocycles. The van der Waals surface area contributed by atoms with Gasteiger partial charge in [-0.15, -0.1) is 0 Å². The Bertz CT molecular complexity index is 665. The van der Waals surface area contributed by atoms with Crippen LogP contribution in [-0.4, -0.2) is 35.1 Å². The molecule has 0 unspecified atom stereocenters. The minimum atomic E-state index is 0.784.